The molecule has 16 heavy (non-hydrogen) atoms. The van der Waals surface area contributed by atoms with Crippen molar-refractivity contribution in [2.75, 3.05) is 0 Å². The summed E-state index contributed by atoms with van der Waals surface area (Å²) in [6.45, 7) is 3.56. The molecule has 0 amide bonds. The SMILES string of the molecule is CCCC(CC(CC)O[N+](=O)[O-])O[N+](=O)[O-]. The molecular weight excluding hydrogens is 220 g/mol. The summed E-state index contributed by atoms with van der Waals surface area (Å²) >= 11 is 0. The summed E-state index contributed by atoms with van der Waals surface area (Å²) in [5, 5.41) is 18.6. The van der Waals surface area contributed by atoms with Crippen molar-refractivity contribution in [3.05, 3.63) is 20.2 Å². The van der Waals surface area contributed by atoms with E-state index in [1.54, 1.807) is 6.92 Å². The average molecular weight is 236 g/mol. The maximum Gasteiger partial charge on any atom is 0.294 e. The van der Waals surface area contributed by atoms with Gasteiger partial charge in [0.25, 0.3) is 10.2 Å². The Bertz CT molecular complexity index is 235. The predicted molar refractivity (Wildman–Crippen MR) is 53.6 cm³/mol. The van der Waals surface area contributed by atoms with E-state index in [9.17, 15) is 20.2 Å². The second-order valence-electron chi connectivity index (χ2n) is 3.33. The van der Waals surface area contributed by atoms with Crippen molar-refractivity contribution in [2.24, 2.45) is 0 Å². The highest BCUT2D eigenvalue weighted by atomic mass is 17.0. The van der Waals surface area contributed by atoms with Crippen molar-refractivity contribution in [3.8, 4) is 0 Å². The van der Waals surface area contributed by atoms with Crippen LogP contribution in [0.4, 0.5) is 0 Å². The lowest BCUT2D eigenvalue weighted by atomic mass is 10.1. The van der Waals surface area contributed by atoms with E-state index >= 15 is 0 Å². The second-order valence-corrected chi connectivity index (χ2v) is 3.33. The molecule has 94 valence electrons. The summed E-state index contributed by atoms with van der Waals surface area (Å²) in [6, 6.07) is 0. The molecule has 0 aromatic carbocycles. The van der Waals surface area contributed by atoms with Crippen molar-refractivity contribution in [2.45, 2.75) is 51.7 Å². The van der Waals surface area contributed by atoms with Gasteiger partial charge in [-0.1, -0.05) is 20.3 Å². The Labute approximate surface area is 92.7 Å². The molecule has 0 aliphatic heterocycles. The zero-order chi connectivity index (χ0) is 12.6. The monoisotopic (exact) mass is 236 g/mol. The Hall–Kier alpha value is -1.60. The van der Waals surface area contributed by atoms with Crippen molar-refractivity contribution < 1.29 is 19.8 Å². The Balaban J connectivity index is 4.21. The van der Waals surface area contributed by atoms with Crippen LogP contribution in [0.15, 0.2) is 0 Å². The zero-order valence-corrected chi connectivity index (χ0v) is 9.33. The van der Waals surface area contributed by atoms with Crippen molar-refractivity contribution in [1.82, 2.24) is 0 Å². The molecule has 0 aliphatic rings. The smallest absolute Gasteiger partial charge is 0.294 e. The highest BCUT2D eigenvalue weighted by molar-refractivity contribution is 4.63. The largest absolute Gasteiger partial charge is 0.311 e. The minimum Gasteiger partial charge on any atom is -0.311 e. The first-order valence-corrected chi connectivity index (χ1v) is 5.11. The van der Waals surface area contributed by atoms with Gasteiger partial charge in [0.2, 0.25) is 0 Å². The Kier molecular flexibility index (Phi) is 6.89. The van der Waals surface area contributed by atoms with Gasteiger partial charge in [0.05, 0.1) is 0 Å². The molecule has 0 bridgehead atoms. The molecule has 0 saturated heterocycles. The summed E-state index contributed by atoms with van der Waals surface area (Å²) in [5.74, 6) is 0. The molecule has 2 atom stereocenters. The maximum atomic E-state index is 10.2. The summed E-state index contributed by atoms with van der Waals surface area (Å²) in [4.78, 5) is 29.1. The van der Waals surface area contributed by atoms with Crippen LogP contribution in [0.1, 0.15) is 39.5 Å². The van der Waals surface area contributed by atoms with Crippen molar-refractivity contribution in [3.63, 3.8) is 0 Å². The Morgan fingerprint density at radius 2 is 1.56 bits per heavy atom. The third-order valence-corrected chi connectivity index (χ3v) is 2.06. The molecule has 0 rings (SSSR count). The van der Waals surface area contributed by atoms with Crippen LogP contribution >= 0.6 is 0 Å². The summed E-state index contributed by atoms with van der Waals surface area (Å²) in [5.41, 5.74) is 0. The van der Waals surface area contributed by atoms with Gasteiger partial charge in [0, 0.05) is 6.42 Å². The lowest BCUT2D eigenvalue weighted by molar-refractivity contribution is -0.779. The first-order valence-electron chi connectivity index (χ1n) is 5.11. The minimum atomic E-state index is -0.886. The van der Waals surface area contributed by atoms with Gasteiger partial charge in [-0.05, 0) is 12.8 Å². The maximum absolute atomic E-state index is 10.2. The van der Waals surface area contributed by atoms with E-state index < -0.39 is 22.4 Å². The lowest BCUT2D eigenvalue weighted by Gasteiger charge is -2.19. The first kappa shape index (κ1) is 14.4. The molecule has 0 aromatic heterocycles. The quantitative estimate of drug-likeness (QED) is 0.446. The summed E-state index contributed by atoms with van der Waals surface area (Å²) in [7, 11) is 0. The summed E-state index contributed by atoms with van der Waals surface area (Å²) in [6.07, 6.45) is 0.414. The third kappa shape index (κ3) is 6.80. The first-order chi connectivity index (χ1) is 7.49. The molecule has 2 unspecified atom stereocenters. The van der Waals surface area contributed by atoms with E-state index in [0.717, 1.165) is 0 Å². The fourth-order valence-corrected chi connectivity index (χ4v) is 1.36. The average Bonchev–Trinajstić information content (AvgIpc) is 2.15. The van der Waals surface area contributed by atoms with Gasteiger partial charge in [-0.25, -0.2) is 0 Å². The van der Waals surface area contributed by atoms with Crippen LogP contribution in [0.2, 0.25) is 0 Å². The fraction of sp³-hybridized carbons (Fsp3) is 1.00. The molecule has 0 spiro atoms. The van der Waals surface area contributed by atoms with Crippen molar-refractivity contribution in [1.29, 1.82) is 0 Å². The van der Waals surface area contributed by atoms with E-state index in [1.165, 1.54) is 0 Å². The number of hydrogen-bond donors (Lipinski definition) is 0. The molecule has 0 heterocycles. The number of nitrogens with zero attached hydrogens (tertiary/aromatic N) is 2. The highest BCUT2D eigenvalue weighted by Crippen LogP contribution is 2.14. The van der Waals surface area contributed by atoms with E-state index in [2.05, 4.69) is 9.68 Å². The molecule has 8 nitrogen and oxygen atoms in total. The fourth-order valence-electron chi connectivity index (χ4n) is 1.36. The standard InChI is InChI=1S/C8H16N2O6/c1-3-5-8(16-10(13)14)6-7(4-2)15-9(11)12/h7-8H,3-6H2,1-2H3. The zero-order valence-electron chi connectivity index (χ0n) is 9.33. The topological polar surface area (TPSA) is 105 Å². The van der Waals surface area contributed by atoms with Crippen LogP contribution in [0, 0.1) is 20.2 Å². The number of hydrogen-bond acceptors (Lipinski definition) is 6. The van der Waals surface area contributed by atoms with Crippen molar-refractivity contribution >= 4 is 0 Å². The van der Waals surface area contributed by atoms with Crippen LogP contribution in [-0.4, -0.2) is 22.4 Å². The molecule has 8 heteroatoms. The summed E-state index contributed by atoms with van der Waals surface area (Å²) < 4.78 is 0. The predicted octanol–water partition coefficient (Wildman–Crippen LogP) is 1.74. The van der Waals surface area contributed by atoms with Gasteiger partial charge >= 0.3 is 0 Å². The van der Waals surface area contributed by atoms with E-state index in [4.69, 9.17) is 0 Å². The third-order valence-electron chi connectivity index (χ3n) is 2.06. The Morgan fingerprint density at radius 3 is 1.94 bits per heavy atom. The van der Waals surface area contributed by atoms with Gasteiger partial charge in [0.15, 0.2) is 0 Å². The molecule has 0 saturated carbocycles. The molecular formula is C8H16N2O6. The van der Waals surface area contributed by atoms with Gasteiger partial charge in [-0.2, -0.15) is 0 Å². The minimum absolute atomic E-state index is 0.145. The molecule has 0 aromatic rings. The van der Waals surface area contributed by atoms with Gasteiger partial charge in [-0.3, -0.25) is 0 Å². The van der Waals surface area contributed by atoms with Crippen LogP contribution in [0.5, 0.6) is 0 Å². The van der Waals surface area contributed by atoms with Crippen LogP contribution in [-0.2, 0) is 9.68 Å². The van der Waals surface area contributed by atoms with Gasteiger partial charge < -0.3 is 9.68 Å². The number of rotatable bonds is 9. The second kappa shape index (κ2) is 7.66. The molecule has 0 aliphatic carbocycles. The highest BCUT2D eigenvalue weighted by Gasteiger charge is 2.20. The van der Waals surface area contributed by atoms with E-state index in [1.807, 2.05) is 6.92 Å². The lowest BCUT2D eigenvalue weighted by Crippen LogP contribution is -2.26. The van der Waals surface area contributed by atoms with Crippen LogP contribution in [0.25, 0.3) is 0 Å². The van der Waals surface area contributed by atoms with Crippen LogP contribution in [0.3, 0.4) is 0 Å². The molecule has 0 radical (unpaired) electrons. The normalized spacial score (nSPS) is 13.9. The van der Waals surface area contributed by atoms with Gasteiger partial charge in [0.1, 0.15) is 12.2 Å². The molecule has 0 fully saturated rings. The van der Waals surface area contributed by atoms with E-state index in [0.29, 0.717) is 19.3 Å². The Morgan fingerprint density at radius 1 is 1.06 bits per heavy atom. The van der Waals surface area contributed by atoms with Crippen LogP contribution < -0.4 is 0 Å². The van der Waals surface area contributed by atoms with Gasteiger partial charge in [-0.15, -0.1) is 20.2 Å². The molecule has 0 N–H and O–H groups in total. The van der Waals surface area contributed by atoms with E-state index in [-0.39, 0.29) is 6.42 Å².